The zero-order valence-electron chi connectivity index (χ0n) is 12.9. The van der Waals surface area contributed by atoms with Gasteiger partial charge in [-0.05, 0) is 48.9 Å². The van der Waals surface area contributed by atoms with Crippen molar-refractivity contribution in [2.24, 2.45) is 0 Å². The number of benzene rings is 2. The number of halogens is 1. The first-order chi connectivity index (χ1) is 10.9. The Kier molecular flexibility index (Phi) is 5.60. The van der Waals surface area contributed by atoms with Crippen molar-refractivity contribution in [1.82, 2.24) is 0 Å². The molecule has 0 spiro atoms. The maximum Gasteiger partial charge on any atom is 0.262 e. The first kappa shape index (κ1) is 16.8. The van der Waals surface area contributed by atoms with Crippen molar-refractivity contribution >= 4 is 34.8 Å². The molecule has 6 heteroatoms. The van der Waals surface area contributed by atoms with Crippen molar-refractivity contribution in [3.05, 3.63) is 53.1 Å². The van der Waals surface area contributed by atoms with Crippen LogP contribution in [0.5, 0.6) is 5.75 Å². The quantitative estimate of drug-likeness (QED) is 0.878. The highest BCUT2D eigenvalue weighted by Gasteiger charge is 2.07. The first-order valence-corrected chi connectivity index (χ1v) is 7.38. The standard InChI is InChI=1S/C17H17ClN2O3/c1-11-3-8-15(18)16(9-11)23-10-17(22)20-14-6-4-13(5-7-14)19-12(2)21/h3-9H,10H2,1-2H3,(H,19,21)(H,20,22). The summed E-state index contributed by atoms with van der Waals surface area (Å²) in [7, 11) is 0. The predicted octanol–water partition coefficient (Wildman–Crippen LogP) is 3.62. The topological polar surface area (TPSA) is 67.4 Å². The third-order valence-electron chi connectivity index (χ3n) is 2.93. The average molecular weight is 333 g/mol. The van der Waals surface area contributed by atoms with Crippen molar-refractivity contribution < 1.29 is 14.3 Å². The monoisotopic (exact) mass is 332 g/mol. The molecular weight excluding hydrogens is 316 g/mol. The van der Waals surface area contributed by atoms with Gasteiger partial charge in [-0.15, -0.1) is 0 Å². The number of aryl methyl sites for hydroxylation is 1. The molecule has 2 N–H and O–H groups in total. The number of carbonyl (C=O) groups excluding carboxylic acids is 2. The number of ether oxygens (including phenoxy) is 1. The van der Waals surface area contributed by atoms with Gasteiger partial charge in [0.1, 0.15) is 5.75 Å². The lowest BCUT2D eigenvalue weighted by molar-refractivity contribution is -0.118. The minimum Gasteiger partial charge on any atom is -0.482 e. The van der Waals surface area contributed by atoms with E-state index in [1.807, 2.05) is 13.0 Å². The summed E-state index contributed by atoms with van der Waals surface area (Å²) < 4.78 is 5.43. The number of carbonyl (C=O) groups is 2. The Bertz CT molecular complexity index is 714. The lowest BCUT2D eigenvalue weighted by atomic mass is 10.2. The fourth-order valence-corrected chi connectivity index (χ4v) is 2.07. The molecule has 0 saturated carbocycles. The smallest absolute Gasteiger partial charge is 0.262 e. The van der Waals surface area contributed by atoms with Crippen LogP contribution in [0.2, 0.25) is 5.02 Å². The summed E-state index contributed by atoms with van der Waals surface area (Å²) in [5.41, 5.74) is 2.28. The molecular formula is C17H17ClN2O3. The Morgan fingerprint density at radius 1 is 1.04 bits per heavy atom. The van der Waals surface area contributed by atoms with E-state index in [4.69, 9.17) is 16.3 Å². The summed E-state index contributed by atoms with van der Waals surface area (Å²) >= 11 is 6.01. The SMILES string of the molecule is CC(=O)Nc1ccc(NC(=O)COc2cc(C)ccc2Cl)cc1. The van der Waals surface area contributed by atoms with Crippen LogP contribution in [-0.4, -0.2) is 18.4 Å². The van der Waals surface area contributed by atoms with E-state index in [1.54, 1.807) is 36.4 Å². The highest BCUT2D eigenvalue weighted by molar-refractivity contribution is 6.32. The zero-order chi connectivity index (χ0) is 16.8. The van der Waals surface area contributed by atoms with E-state index in [0.717, 1.165) is 5.56 Å². The van der Waals surface area contributed by atoms with E-state index >= 15 is 0 Å². The molecule has 120 valence electrons. The van der Waals surface area contributed by atoms with E-state index in [2.05, 4.69) is 10.6 Å². The Morgan fingerprint density at radius 3 is 2.26 bits per heavy atom. The summed E-state index contributed by atoms with van der Waals surface area (Å²) in [6.45, 7) is 3.21. The fraction of sp³-hybridized carbons (Fsp3) is 0.176. The number of rotatable bonds is 5. The number of hydrogen-bond acceptors (Lipinski definition) is 3. The third kappa shape index (κ3) is 5.30. The lowest BCUT2D eigenvalue weighted by Gasteiger charge is -2.10. The Hall–Kier alpha value is -2.53. The maximum absolute atomic E-state index is 11.9. The summed E-state index contributed by atoms with van der Waals surface area (Å²) in [6, 6.07) is 12.2. The van der Waals surface area contributed by atoms with Crippen LogP contribution in [0.3, 0.4) is 0 Å². The third-order valence-corrected chi connectivity index (χ3v) is 3.25. The molecule has 0 heterocycles. The van der Waals surface area contributed by atoms with Crippen LogP contribution in [0.15, 0.2) is 42.5 Å². The number of amides is 2. The van der Waals surface area contributed by atoms with Crippen LogP contribution < -0.4 is 15.4 Å². The molecule has 23 heavy (non-hydrogen) atoms. The second-order valence-corrected chi connectivity index (χ2v) is 5.44. The molecule has 0 atom stereocenters. The van der Waals surface area contributed by atoms with Gasteiger partial charge in [-0.2, -0.15) is 0 Å². The summed E-state index contributed by atoms with van der Waals surface area (Å²) in [4.78, 5) is 22.8. The zero-order valence-corrected chi connectivity index (χ0v) is 13.6. The molecule has 0 unspecified atom stereocenters. The minimum absolute atomic E-state index is 0.142. The summed E-state index contributed by atoms with van der Waals surface area (Å²) in [6.07, 6.45) is 0. The second-order valence-electron chi connectivity index (χ2n) is 5.03. The molecule has 2 rings (SSSR count). The van der Waals surface area contributed by atoms with Gasteiger partial charge in [0.2, 0.25) is 5.91 Å². The van der Waals surface area contributed by atoms with Gasteiger partial charge in [-0.3, -0.25) is 9.59 Å². The van der Waals surface area contributed by atoms with Crippen molar-refractivity contribution in [2.45, 2.75) is 13.8 Å². The van der Waals surface area contributed by atoms with Crippen LogP contribution in [0.1, 0.15) is 12.5 Å². The van der Waals surface area contributed by atoms with Crippen molar-refractivity contribution in [2.75, 3.05) is 17.2 Å². The second kappa shape index (κ2) is 7.65. The molecule has 2 aromatic rings. The van der Waals surface area contributed by atoms with Gasteiger partial charge in [0.25, 0.3) is 5.91 Å². The van der Waals surface area contributed by atoms with E-state index in [9.17, 15) is 9.59 Å². The number of hydrogen-bond donors (Lipinski definition) is 2. The summed E-state index contributed by atoms with van der Waals surface area (Å²) in [5, 5.41) is 5.82. The van der Waals surface area contributed by atoms with Gasteiger partial charge >= 0.3 is 0 Å². The molecule has 5 nitrogen and oxygen atoms in total. The van der Waals surface area contributed by atoms with Gasteiger partial charge in [0.15, 0.2) is 6.61 Å². The van der Waals surface area contributed by atoms with Gasteiger partial charge in [-0.25, -0.2) is 0 Å². The molecule has 0 saturated heterocycles. The molecule has 0 fully saturated rings. The van der Waals surface area contributed by atoms with Crippen molar-refractivity contribution in [3.8, 4) is 5.75 Å². The molecule has 0 radical (unpaired) electrons. The van der Waals surface area contributed by atoms with Crippen molar-refractivity contribution in [1.29, 1.82) is 0 Å². The fourth-order valence-electron chi connectivity index (χ4n) is 1.90. The van der Waals surface area contributed by atoms with Crippen LogP contribution in [0, 0.1) is 6.92 Å². The highest BCUT2D eigenvalue weighted by atomic mass is 35.5. The Morgan fingerprint density at radius 2 is 1.65 bits per heavy atom. The number of nitrogens with one attached hydrogen (secondary N) is 2. The van der Waals surface area contributed by atoms with Crippen molar-refractivity contribution in [3.63, 3.8) is 0 Å². The molecule has 0 aromatic heterocycles. The van der Waals surface area contributed by atoms with Crippen LogP contribution in [0.4, 0.5) is 11.4 Å². The molecule has 0 bridgehead atoms. The highest BCUT2D eigenvalue weighted by Crippen LogP contribution is 2.25. The van der Waals surface area contributed by atoms with E-state index in [0.29, 0.717) is 22.1 Å². The Labute approximate surface area is 139 Å². The average Bonchev–Trinajstić information content (AvgIpc) is 2.50. The molecule has 0 aliphatic heterocycles. The number of anilines is 2. The van der Waals surface area contributed by atoms with Crippen LogP contribution >= 0.6 is 11.6 Å². The van der Waals surface area contributed by atoms with Gasteiger partial charge in [-0.1, -0.05) is 17.7 Å². The first-order valence-electron chi connectivity index (χ1n) is 7.00. The molecule has 0 aliphatic carbocycles. The van der Waals surface area contributed by atoms with Gasteiger partial charge in [0, 0.05) is 18.3 Å². The van der Waals surface area contributed by atoms with E-state index in [-0.39, 0.29) is 18.4 Å². The molecule has 0 aliphatic rings. The van der Waals surface area contributed by atoms with Gasteiger partial charge in [0.05, 0.1) is 5.02 Å². The van der Waals surface area contributed by atoms with Crippen LogP contribution in [0.25, 0.3) is 0 Å². The van der Waals surface area contributed by atoms with Gasteiger partial charge < -0.3 is 15.4 Å². The predicted molar refractivity (Wildman–Crippen MR) is 91.1 cm³/mol. The maximum atomic E-state index is 11.9. The largest absolute Gasteiger partial charge is 0.482 e. The molecule has 2 aromatic carbocycles. The lowest BCUT2D eigenvalue weighted by Crippen LogP contribution is -2.20. The Balaban J connectivity index is 1.89. The van der Waals surface area contributed by atoms with E-state index in [1.165, 1.54) is 6.92 Å². The molecule has 2 amide bonds. The van der Waals surface area contributed by atoms with E-state index < -0.39 is 0 Å². The summed E-state index contributed by atoms with van der Waals surface area (Å²) in [5.74, 6) is 0.0305. The van der Waals surface area contributed by atoms with Crippen LogP contribution in [-0.2, 0) is 9.59 Å². The normalized spacial score (nSPS) is 10.0. The minimum atomic E-state index is -0.296.